The summed E-state index contributed by atoms with van der Waals surface area (Å²) in [5.41, 5.74) is 0. The number of hydrogen-bond acceptors (Lipinski definition) is 3. The van der Waals surface area contributed by atoms with Crippen LogP contribution in [0.4, 0.5) is 4.79 Å². The quantitative estimate of drug-likeness (QED) is 0.759. The SMILES string of the molecule is O=C(O)[C@@H]1CCN(C(=O)O)C[C@H]1N1CCCCC1=O. The first kappa shape index (κ1) is 13.6. The summed E-state index contributed by atoms with van der Waals surface area (Å²) in [5, 5.41) is 18.3. The number of likely N-dealkylation sites (tertiary alicyclic amines) is 2. The van der Waals surface area contributed by atoms with Crippen molar-refractivity contribution in [3.8, 4) is 0 Å². The van der Waals surface area contributed by atoms with E-state index in [0.717, 1.165) is 12.8 Å². The molecule has 2 saturated heterocycles. The Morgan fingerprint density at radius 2 is 1.89 bits per heavy atom. The van der Waals surface area contributed by atoms with Crippen LogP contribution in [0.5, 0.6) is 0 Å². The number of carbonyl (C=O) groups excluding carboxylic acids is 1. The van der Waals surface area contributed by atoms with Crippen molar-refractivity contribution in [3.63, 3.8) is 0 Å². The molecule has 7 nitrogen and oxygen atoms in total. The van der Waals surface area contributed by atoms with Gasteiger partial charge in [0.2, 0.25) is 5.91 Å². The summed E-state index contributed by atoms with van der Waals surface area (Å²) >= 11 is 0. The Bertz CT molecular complexity index is 398. The maximum absolute atomic E-state index is 11.9. The number of nitrogens with zero attached hydrogens (tertiary/aromatic N) is 2. The Kier molecular flexibility index (Phi) is 3.92. The predicted octanol–water partition coefficient (Wildman–Crippen LogP) is 0.452. The van der Waals surface area contributed by atoms with Gasteiger partial charge in [-0.3, -0.25) is 9.59 Å². The maximum atomic E-state index is 11.9. The highest BCUT2D eigenvalue weighted by Crippen LogP contribution is 2.26. The number of piperidine rings is 2. The molecule has 0 saturated carbocycles. The van der Waals surface area contributed by atoms with Gasteiger partial charge < -0.3 is 20.0 Å². The van der Waals surface area contributed by atoms with Crippen LogP contribution < -0.4 is 0 Å². The molecule has 2 amide bonds. The lowest BCUT2D eigenvalue weighted by Gasteiger charge is -2.43. The molecule has 0 aromatic heterocycles. The second kappa shape index (κ2) is 5.46. The fraction of sp³-hybridized carbons (Fsp3) is 0.750. The Labute approximate surface area is 110 Å². The number of amides is 2. The zero-order valence-electron chi connectivity index (χ0n) is 10.6. The summed E-state index contributed by atoms with van der Waals surface area (Å²) in [6.45, 7) is 0.837. The standard InChI is InChI=1S/C12H18N2O5/c15-10-3-1-2-5-14(10)9-7-13(12(18)19)6-4-8(9)11(16)17/h8-9H,1-7H2,(H,16,17)(H,18,19)/t8-,9-/m1/s1. The number of hydrogen-bond donors (Lipinski definition) is 2. The van der Waals surface area contributed by atoms with Crippen molar-refractivity contribution in [2.75, 3.05) is 19.6 Å². The van der Waals surface area contributed by atoms with E-state index in [-0.39, 0.29) is 25.4 Å². The summed E-state index contributed by atoms with van der Waals surface area (Å²) < 4.78 is 0. The van der Waals surface area contributed by atoms with Gasteiger partial charge in [0.25, 0.3) is 0 Å². The van der Waals surface area contributed by atoms with Crippen LogP contribution in [-0.2, 0) is 9.59 Å². The number of carboxylic acids is 1. The van der Waals surface area contributed by atoms with Crippen molar-refractivity contribution in [3.05, 3.63) is 0 Å². The molecule has 106 valence electrons. The molecule has 2 N–H and O–H groups in total. The molecule has 2 aliphatic heterocycles. The number of carboxylic acid groups (broad SMARTS) is 2. The van der Waals surface area contributed by atoms with Gasteiger partial charge in [0, 0.05) is 26.1 Å². The van der Waals surface area contributed by atoms with E-state index in [2.05, 4.69) is 0 Å². The predicted molar refractivity (Wildman–Crippen MR) is 64.7 cm³/mol. The van der Waals surface area contributed by atoms with Crippen molar-refractivity contribution in [1.82, 2.24) is 9.80 Å². The average molecular weight is 270 g/mol. The molecule has 2 aliphatic rings. The molecule has 0 aliphatic carbocycles. The first-order valence-electron chi connectivity index (χ1n) is 6.51. The Balaban J connectivity index is 2.17. The van der Waals surface area contributed by atoms with E-state index in [1.807, 2.05) is 0 Å². The second-order valence-corrected chi connectivity index (χ2v) is 5.07. The van der Waals surface area contributed by atoms with E-state index in [4.69, 9.17) is 5.11 Å². The van der Waals surface area contributed by atoms with Crippen molar-refractivity contribution >= 4 is 18.0 Å². The van der Waals surface area contributed by atoms with Crippen LogP contribution >= 0.6 is 0 Å². The monoisotopic (exact) mass is 270 g/mol. The Morgan fingerprint density at radius 1 is 1.16 bits per heavy atom. The highest BCUT2D eigenvalue weighted by molar-refractivity contribution is 5.79. The summed E-state index contributed by atoms with van der Waals surface area (Å²) in [4.78, 5) is 37.0. The summed E-state index contributed by atoms with van der Waals surface area (Å²) in [5.74, 6) is -1.68. The number of carbonyl (C=O) groups is 3. The van der Waals surface area contributed by atoms with Crippen molar-refractivity contribution in [2.24, 2.45) is 5.92 Å². The summed E-state index contributed by atoms with van der Waals surface area (Å²) in [6.07, 6.45) is 1.30. The fourth-order valence-electron chi connectivity index (χ4n) is 2.89. The van der Waals surface area contributed by atoms with E-state index < -0.39 is 24.0 Å². The van der Waals surface area contributed by atoms with Crippen LogP contribution in [0, 0.1) is 5.92 Å². The Morgan fingerprint density at radius 3 is 2.47 bits per heavy atom. The molecule has 2 heterocycles. The molecule has 0 spiro atoms. The van der Waals surface area contributed by atoms with E-state index in [1.165, 1.54) is 4.90 Å². The third-order valence-electron chi connectivity index (χ3n) is 3.93. The van der Waals surface area contributed by atoms with Crippen LogP contribution in [0.1, 0.15) is 25.7 Å². The molecule has 0 unspecified atom stereocenters. The van der Waals surface area contributed by atoms with E-state index >= 15 is 0 Å². The molecule has 19 heavy (non-hydrogen) atoms. The molecular formula is C12H18N2O5. The van der Waals surface area contributed by atoms with Gasteiger partial charge in [0.15, 0.2) is 0 Å². The minimum Gasteiger partial charge on any atom is -0.481 e. The van der Waals surface area contributed by atoms with Gasteiger partial charge in [-0.05, 0) is 19.3 Å². The summed E-state index contributed by atoms with van der Waals surface area (Å²) in [6, 6.07) is -0.532. The zero-order valence-corrected chi connectivity index (χ0v) is 10.6. The van der Waals surface area contributed by atoms with Gasteiger partial charge in [0.05, 0.1) is 12.0 Å². The van der Waals surface area contributed by atoms with Crippen LogP contribution in [0.3, 0.4) is 0 Å². The molecule has 0 bridgehead atoms. The van der Waals surface area contributed by atoms with Gasteiger partial charge in [-0.2, -0.15) is 0 Å². The second-order valence-electron chi connectivity index (χ2n) is 5.07. The summed E-state index contributed by atoms with van der Waals surface area (Å²) in [7, 11) is 0. The number of rotatable bonds is 2. The number of aliphatic carboxylic acids is 1. The molecule has 2 fully saturated rings. The van der Waals surface area contributed by atoms with Crippen LogP contribution in [0.15, 0.2) is 0 Å². The smallest absolute Gasteiger partial charge is 0.407 e. The molecule has 0 radical (unpaired) electrons. The third kappa shape index (κ3) is 2.80. The molecule has 2 rings (SSSR count). The van der Waals surface area contributed by atoms with Crippen molar-refractivity contribution in [2.45, 2.75) is 31.7 Å². The van der Waals surface area contributed by atoms with Crippen LogP contribution in [0.2, 0.25) is 0 Å². The van der Waals surface area contributed by atoms with Crippen molar-refractivity contribution < 1.29 is 24.6 Å². The lowest BCUT2D eigenvalue weighted by atomic mass is 9.89. The van der Waals surface area contributed by atoms with Crippen LogP contribution in [-0.4, -0.2) is 63.7 Å². The average Bonchev–Trinajstić information content (AvgIpc) is 2.38. The normalized spacial score (nSPS) is 28.3. The maximum Gasteiger partial charge on any atom is 0.407 e. The van der Waals surface area contributed by atoms with Gasteiger partial charge in [0.1, 0.15) is 0 Å². The van der Waals surface area contributed by atoms with Gasteiger partial charge in [-0.1, -0.05) is 0 Å². The van der Waals surface area contributed by atoms with E-state index in [1.54, 1.807) is 4.90 Å². The highest BCUT2D eigenvalue weighted by Gasteiger charge is 2.41. The van der Waals surface area contributed by atoms with Crippen molar-refractivity contribution in [1.29, 1.82) is 0 Å². The minimum absolute atomic E-state index is 0.0604. The third-order valence-corrected chi connectivity index (χ3v) is 3.93. The largest absolute Gasteiger partial charge is 0.481 e. The minimum atomic E-state index is -1.06. The Hall–Kier alpha value is -1.79. The lowest BCUT2D eigenvalue weighted by molar-refractivity contribution is -0.150. The van der Waals surface area contributed by atoms with E-state index in [0.29, 0.717) is 13.0 Å². The van der Waals surface area contributed by atoms with Gasteiger partial charge >= 0.3 is 12.1 Å². The topological polar surface area (TPSA) is 98.2 Å². The van der Waals surface area contributed by atoms with Crippen LogP contribution in [0.25, 0.3) is 0 Å². The molecular weight excluding hydrogens is 252 g/mol. The highest BCUT2D eigenvalue weighted by atomic mass is 16.4. The molecule has 2 atom stereocenters. The first-order chi connectivity index (χ1) is 9.00. The lowest BCUT2D eigenvalue weighted by Crippen LogP contribution is -2.58. The first-order valence-corrected chi connectivity index (χ1v) is 6.51. The molecule has 7 heteroatoms. The van der Waals surface area contributed by atoms with E-state index in [9.17, 15) is 19.5 Å². The molecule has 0 aromatic carbocycles. The fourth-order valence-corrected chi connectivity index (χ4v) is 2.89. The zero-order chi connectivity index (χ0) is 14.0. The van der Waals surface area contributed by atoms with Gasteiger partial charge in [-0.15, -0.1) is 0 Å². The molecule has 0 aromatic rings. The van der Waals surface area contributed by atoms with Gasteiger partial charge in [-0.25, -0.2) is 4.79 Å².